The van der Waals surface area contributed by atoms with Crippen molar-refractivity contribution in [2.24, 2.45) is 12.5 Å². The van der Waals surface area contributed by atoms with Gasteiger partial charge in [0.15, 0.2) is 5.82 Å². The summed E-state index contributed by atoms with van der Waals surface area (Å²) in [6, 6.07) is 22.1. The second-order valence-electron chi connectivity index (χ2n) is 17.4. The van der Waals surface area contributed by atoms with E-state index < -0.39 is 0 Å². The highest BCUT2D eigenvalue weighted by Crippen LogP contribution is 2.50. The monoisotopic (exact) mass is 686 g/mol. The molecule has 9 heteroatoms. The Kier molecular flexibility index (Phi) is 7.92. The highest BCUT2D eigenvalue weighted by molar-refractivity contribution is 5.51. The van der Waals surface area contributed by atoms with Crippen LogP contribution >= 0.6 is 0 Å². The standard InChI is InChI=1S/C42H54N8O/c1-48-22-31-23-50(24-38(31)46-48)27-41(15-16-41)25-43-37-21-35(37)30-9-6-10-33(19-30)49(2)32-13-11-29(12-14-32)39-45-40(47-51-39)42(17-18-42)26-44-36-20-34(36)28-7-4-3-5-8-28/h3-10,19,22,29,32,34-37,43-44H,11-18,20-21,23-27H2,1-2H3/t29?,32?,34?,35?,36?,37-/m0/s1. The average molecular weight is 687 g/mol. The van der Waals surface area contributed by atoms with Gasteiger partial charge in [-0.3, -0.25) is 9.58 Å². The summed E-state index contributed by atoms with van der Waals surface area (Å²) in [6.45, 7) is 5.38. The first-order valence-electron chi connectivity index (χ1n) is 19.9. The minimum absolute atomic E-state index is 0.0717. The fourth-order valence-corrected chi connectivity index (χ4v) is 9.61. The van der Waals surface area contributed by atoms with Crippen LogP contribution in [0.3, 0.4) is 0 Å². The van der Waals surface area contributed by atoms with Crippen LogP contribution in [-0.2, 0) is 25.6 Å². The molecular weight excluding hydrogens is 633 g/mol. The van der Waals surface area contributed by atoms with Crippen LogP contribution in [0.5, 0.6) is 0 Å². The first-order chi connectivity index (χ1) is 24.9. The van der Waals surface area contributed by atoms with Crippen molar-refractivity contribution in [2.45, 2.75) is 119 Å². The summed E-state index contributed by atoms with van der Waals surface area (Å²) in [6.07, 6.45) is 14.2. The van der Waals surface area contributed by atoms with Crippen LogP contribution < -0.4 is 15.5 Å². The molecule has 3 heterocycles. The van der Waals surface area contributed by atoms with E-state index in [1.165, 1.54) is 60.3 Å². The van der Waals surface area contributed by atoms with Gasteiger partial charge in [-0.2, -0.15) is 10.1 Å². The van der Waals surface area contributed by atoms with Gasteiger partial charge in [-0.15, -0.1) is 0 Å². The Morgan fingerprint density at radius 3 is 2.35 bits per heavy atom. The van der Waals surface area contributed by atoms with Gasteiger partial charge in [0.1, 0.15) is 0 Å². The fraction of sp³-hybridized carbons (Fsp3) is 0.595. The van der Waals surface area contributed by atoms with Crippen molar-refractivity contribution in [1.82, 2.24) is 35.5 Å². The molecular formula is C42H54N8O. The molecule has 51 heavy (non-hydrogen) atoms. The maximum Gasteiger partial charge on any atom is 0.229 e. The zero-order valence-corrected chi connectivity index (χ0v) is 30.4. The van der Waals surface area contributed by atoms with E-state index in [0.29, 0.717) is 41.3 Å². The summed E-state index contributed by atoms with van der Waals surface area (Å²) in [5, 5.41) is 17.0. The minimum atomic E-state index is 0.0717. The number of aryl methyl sites for hydroxylation is 1. The second-order valence-corrected chi connectivity index (χ2v) is 17.4. The van der Waals surface area contributed by atoms with Crippen LogP contribution in [-0.4, -0.2) is 69.6 Å². The van der Waals surface area contributed by atoms with Crippen LogP contribution in [0.15, 0.2) is 65.3 Å². The number of nitrogens with zero attached hydrogens (tertiary/aromatic N) is 6. The van der Waals surface area contributed by atoms with Gasteiger partial charge < -0.3 is 20.1 Å². The Morgan fingerprint density at radius 2 is 1.61 bits per heavy atom. The molecule has 6 aliphatic rings. The van der Waals surface area contributed by atoms with Crippen molar-refractivity contribution in [3.05, 3.63) is 94.9 Å². The molecule has 2 aromatic carbocycles. The minimum Gasteiger partial charge on any atom is -0.372 e. The maximum absolute atomic E-state index is 5.96. The number of anilines is 1. The Balaban J connectivity index is 0.685. The van der Waals surface area contributed by atoms with Gasteiger partial charge in [0.25, 0.3) is 0 Å². The first-order valence-corrected chi connectivity index (χ1v) is 19.9. The average Bonchev–Trinajstić information content (AvgIpc) is 4.06. The molecule has 0 bridgehead atoms. The maximum atomic E-state index is 5.96. The Morgan fingerprint density at radius 1 is 0.863 bits per heavy atom. The molecule has 1 aliphatic heterocycles. The van der Waals surface area contributed by atoms with E-state index in [2.05, 4.69) is 98.5 Å². The lowest BCUT2D eigenvalue weighted by molar-refractivity contribution is 0.216. The van der Waals surface area contributed by atoms with Crippen LogP contribution in [0.25, 0.3) is 0 Å². The highest BCUT2D eigenvalue weighted by Gasteiger charge is 2.51. The van der Waals surface area contributed by atoms with Gasteiger partial charge in [-0.05, 0) is 92.9 Å². The van der Waals surface area contributed by atoms with E-state index >= 15 is 0 Å². The molecule has 2 aromatic heterocycles. The molecule has 9 nitrogen and oxygen atoms in total. The third kappa shape index (κ3) is 6.55. The Labute approximate surface area is 302 Å². The molecule has 0 amide bonds. The van der Waals surface area contributed by atoms with Gasteiger partial charge in [0.2, 0.25) is 5.89 Å². The van der Waals surface area contributed by atoms with Crippen LogP contribution in [0.4, 0.5) is 5.69 Å². The summed E-state index contributed by atoms with van der Waals surface area (Å²) in [4.78, 5) is 10.2. The Bertz CT molecular complexity index is 1830. The quantitative estimate of drug-likeness (QED) is 0.158. The van der Waals surface area contributed by atoms with Crippen LogP contribution in [0.2, 0.25) is 0 Å². The molecule has 4 atom stereocenters. The van der Waals surface area contributed by atoms with Crippen LogP contribution in [0.1, 0.15) is 116 Å². The van der Waals surface area contributed by atoms with Gasteiger partial charge in [-0.1, -0.05) is 47.6 Å². The SMILES string of the molecule is CN(c1cccc(C2C[C@@H]2NCC2(CN3Cc4cn(C)nc4C3)CC2)c1)C1CCC(c2nc(C3(CNC4CC4c4ccccc4)CC3)no2)CC1. The fourth-order valence-electron chi connectivity index (χ4n) is 9.61. The predicted molar refractivity (Wildman–Crippen MR) is 199 cm³/mol. The zero-order valence-electron chi connectivity index (χ0n) is 30.4. The first kappa shape index (κ1) is 32.1. The number of hydrogen-bond donors (Lipinski definition) is 2. The molecule has 4 aromatic rings. The van der Waals surface area contributed by atoms with E-state index in [0.717, 1.165) is 76.4 Å². The summed E-state index contributed by atoms with van der Waals surface area (Å²) in [7, 11) is 4.33. The van der Waals surface area contributed by atoms with Gasteiger partial charge in [0.05, 0.1) is 5.69 Å². The number of rotatable bonds is 14. The van der Waals surface area contributed by atoms with Crippen molar-refractivity contribution in [3.8, 4) is 0 Å². The zero-order chi connectivity index (χ0) is 34.2. The second kappa shape index (κ2) is 12.6. The molecule has 5 fully saturated rings. The lowest BCUT2D eigenvalue weighted by Crippen LogP contribution is -2.35. The summed E-state index contributed by atoms with van der Waals surface area (Å²) in [5.74, 6) is 3.47. The molecule has 5 saturated carbocycles. The van der Waals surface area contributed by atoms with Crippen molar-refractivity contribution in [2.75, 3.05) is 31.6 Å². The van der Waals surface area contributed by atoms with Crippen LogP contribution in [0, 0.1) is 5.41 Å². The smallest absolute Gasteiger partial charge is 0.229 e. The molecule has 2 N–H and O–H groups in total. The van der Waals surface area contributed by atoms with Crippen molar-refractivity contribution >= 4 is 5.69 Å². The van der Waals surface area contributed by atoms with Gasteiger partial charge in [-0.25, -0.2) is 0 Å². The largest absolute Gasteiger partial charge is 0.372 e. The highest BCUT2D eigenvalue weighted by atomic mass is 16.5. The molecule has 3 unspecified atom stereocenters. The third-order valence-corrected chi connectivity index (χ3v) is 13.6. The van der Waals surface area contributed by atoms with Gasteiger partial charge >= 0.3 is 0 Å². The third-order valence-electron chi connectivity index (χ3n) is 13.6. The van der Waals surface area contributed by atoms with E-state index in [1.807, 2.05) is 11.7 Å². The van der Waals surface area contributed by atoms with E-state index in [9.17, 15) is 0 Å². The number of nitrogens with one attached hydrogen (secondary N) is 2. The lowest BCUT2D eigenvalue weighted by Gasteiger charge is -2.35. The van der Waals surface area contributed by atoms with Crippen molar-refractivity contribution in [1.29, 1.82) is 0 Å². The van der Waals surface area contributed by atoms with Gasteiger partial charge in [0, 0.05) is 106 Å². The van der Waals surface area contributed by atoms with Crippen molar-refractivity contribution < 1.29 is 4.52 Å². The number of hydrogen-bond acceptors (Lipinski definition) is 8. The summed E-state index contributed by atoms with van der Waals surface area (Å²) in [5.41, 5.74) is 7.53. The Hall–Kier alpha value is -3.53. The van der Waals surface area contributed by atoms with Crippen molar-refractivity contribution in [3.63, 3.8) is 0 Å². The summed E-state index contributed by atoms with van der Waals surface area (Å²) < 4.78 is 7.92. The number of fused-ring (bicyclic) bond motifs is 1. The topological polar surface area (TPSA) is 87.3 Å². The number of benzene rings is 2. The molecule has 0 saturated heterocycles. The summed E-state index contributed by atoms with van der Waals surface area (Å²) >= 11 is 0. The molecule has 10 rings (SSSR count). The molecule has 5 aliphatic carbocycles. The molecule has 0 spiro atoms. The van der Waals surface area contributed by atoms with E-state index in [-0.39, 0.29) is 5.41 Å². The number of aromatic nitrogens is 4. The lowest BCUT2D eigenvalue weighted by atomic mass is 9.85. The van der Waals surface area contributed by atoms with E-state index in [4.69, 9.17) is 9.51 Å². The molecule has 0 radical (unpaired) electrons. The predicted octanol–water partition coefficient (Wildman–Crippen LogP) is 6.38. The molecule has 268 valence electrons. The van der Waals surface area contributed by atoms with E-state index in [1.54, 1.807) is 0 Å². The normalized spacial score (nSPS) is 29.8.